The Morgan fingerprint density at radius 2 is 2.15 bits per heavy atom. The summed E-state index contributed by atoms with van der Waals surface area (Å²) in [4.78, 5) is 8.51. The van der Waals surface area contributed by atoms with Crippen LogP contribution in [-0.4, -0.2) is 16.0 Å². The van der Waals surface area contributed by atoms with E-state index >= 15 is 0 Å². The van der Waals surface area contributed by atoms with Crippen molar-refractivity contribution in [3.05, 3.63) is 58.6 Å². The molecule has 1 fully saturated rings. The third kappa shape index (κ3) is 3.17. The van der Waals surface area contributed by atoms with Gasteiger partial charge in [-0.2, -0.15) is 0 Å². The summed E-state index contributed by atoms with van der Waals surface area (Å²) in [6.45, 7) is 2.73. The fourth-order valence-corrected chi connectivity index (χ4v) is 2.87. The average molecular weight is 288 g/mol. The Labute approximate surface area is 124 Å². The summed E-state index contributed by atoms with van der Waals surface area (Å²) in [7, 11) is 0. The van der Waals surface area contributed by atoms with Crippen molar-refractivity contribution >= 4 is 11.6 Å². The van der Waals surface area contributed by atoms with E-state index in [4.69, 9.17) is 11.6 Å². The van der Waals surface area contributed by atoms with Crippen LogP contribution in [0.1, 0.15) is 35.8 Å². The SMILES string of the molecule is Cc1nccc(CNC2CC(c3cccc(Cl)c3)C2)n1. The van der Waals surface area contributed by atoms with Gasteiger partial charge in [0.15, 0.2) is 0 Å². The molecule has 0 bridgehead atoms. The zero-order valence-electron chi connectivity index (χ0n) is 11.5. The molecule has 1 aromatic heterocycles. The van der Waals surface area contributed by atoms with Gasteiger partial charge in [-0.15, -0.1) is 0 Å². The first-order chi connectivity index (χ1) is 9.70. The molecule has 0 spiro atoms. The number of halogens is 1. The topological polar surface area (TPSA) is 37.8 Å². The molecule has 1 N–H and O–H groups in total. The van der Waals surface area contributed by atoms with Crippen molar-refractivity contribution in [1.29, 1.82) is 0 Å². The number of hydrogen-bond donors (Lipinski definition) is 1. The van der Waals surface area contributed by atoms with Gasteiger partial charge in [-0.05, 0) is 49.4 Å². The molecule has 3 rings (SSSR count). The second-order valence-electron chi connectivity index (χ2n) is 5.40. The number of nitrogens with one attached hydrogen (secondary N) is 1. The Kier molecular flexibility index (Phi) is 3.99. The quantitative estimate of drug-likeness (QED) is 0.935. The van der Waals surface area contributed by atoms with Crippen LogP contribution in [0.25, 0.3) is 0 Å². The van der Waals surface area contributed by atoms with E-state index in [0.29, 0.717) is 12.0 Å². The fraction of sp³-hybridized carbons (Fsp3) is 0.375. The zero-order chi connectivity index (χ0) is 13.9. The number of rotatable bonds is 4. The minimum atomic E-state index is 0.578. The van der Waals surface area contributed by atoms with E-state index in [0.717, 1.165) is 23.1 Å². The highest BCUT2D eigenvalue weighted by atomic mass is 35.5. The van der Waals surface area contributed by atoms with E-state index in [9.17, 15) is 0 Å². The standard InChI is InChI=1S/C16H18ClN3/c1-11-18-6-5-15(20-11)10-19-16-8-13(9-16)12-3-2-4-14(17)7-12/h2-7,13,16,19H,8-10H2,1H3. The summed E-state index contributed by atoms with van der Waals surface area (Å²) in [5.41, 5.74) is 2.41. The van der Waals surface area contributed by atoms with Gasteiger partial charge in [0.1, 0.15) is 5.82 Å². The van der Waals surface area contributed by atoms with Gasteiger partial charge in [-0.3, -0.25) is 0 Å². The van der Waals surface area contributed by atoms with E-state index < -0.39 is 0 Å². The van der Waals surface area contributed by atoms with E-state index in [1.54, 1.807) is 0 Å². The Balaban J connectivity index is 1.49. The second-order valence-corrected chi connectivity index (χ2v) is 5.83. The first-order valence-electron chi connectivity index (χ1n) is 6.98. The van der Waals surface area contributed by atoms with Gasteiger partial charge in [-0.25, -0.2) is 9.97 Å². The molecule has 0 amide bonds. The summed E-state index contributed by atoms with van der Waals surface area (Å²) >= 11 is 6.03. The Hall–Kier alpha value is -1.45. The van der Waals surface area contributed by atoms with Crippen LogP contribution in [0.5, 0.6) is 0 Å². The van der Waals surface area contributed by atoms with Gasteiger partial charge in [0.25, 0.3) is 0 Å². The number of benzene rings is 1. The van der Waals surface area contributed by atoms with Crippen molar-refractivity contribution in [1.82, 2.24) is 15.3 Å². The molecule has 0 unspecified atom stereocenters. The fourth-order valence-electron chi connectivity index (χ4n) is 2.67. The average Bonchev–Trinajstić information content (AvgIpc) is 2.37. The van der Waals surface area contributed by atoms with Gasteiger partial charge < -0.3 is 5.32 Å². The maximum Gasteiger partial charge on any atom is 0.125 e. The van der Waals surface area contributed by atoms with Gasteiger partial charge in [0.2, 0.25) is 0 Å². The minimum absolute atomic E-state index is 0.578. The highest BCUT2D eigenvalue weighted by Gasteiger charge is 2.29. The molecule has 0 saturated heterocycles. The molecule has 1 aliphatic carbocycles. The van der Waals surface area contributed by atoms with Crippen molar-refractivity contribution in [2.45, 2.75) is 38.3 Å². The van der Waals surface area contributed by atoms with Gasteiger partial charge in [0.05, 0.1) is 5.69 Å². The number of aryl methyl sites for hydroxylation is 1. The van der Waals surface area contributed by atoms with Gasteiger partial charge in [0, 0.05) is 23.8 Å². The number of nitrogens with zero attached hydrogens (tertiary/aromatic N) is 2. The molecule has 1 aromatic carbocycles. The zero-order valence-corrected chi connectivity index (χ0v) is 12.3. The Morgan fingerprint density at radius 1 is 1.30 bits per heavy atom. The second kappa shape index (κ2) is 5.90. The third-order valence-electron chi connectivity index (χ3n) is 3.86. The summed E-state index contributed by atoms with van der Waals surface area (Å²) < 4.78 is 0. The van der Waals surface area contributed by atoms with Crippen LogP contribution in [0.3, 0.4) is 0 Å². The lowest BCUT2D eigenvalue weighted by atomic mass is 9.76. The van der Waals surface area contributed by atoms with Crippen molar-refractivity contribution in [3.8, 4) is 0 Å². The molecular weight excluding hydrogens is 270 g/mol. The number of aromatic nitrogens is 2. The molecule has 1 saturated carbocycles. The largest absolute Gasteiger partial charge is 0.308 e. The summed E-state index contributed by atoms with van der Waals surface area (Å²) in [5, 5.41) is 4.38. The van der Waals surface area contributed by atoms with Crippen LogP contribution >= 0.6 is 11.6 Å². The Bertz CT molecular complexity index is 591. The lowest BCUT2D eigenvalue weighted by Gasteiger charge is -2.36. The molecule has 1 heterocycles. The molecular formula is C16H18ClN3. The summed E-state index contributed by atoms with van der Waals surface area (Å²) in [5.74, 6) is 1.47. The first kappa shape index (κ1) is 13.5. The molecule has 0 aliphatic heterocycles. The van der Waals surface area contributed by atoms with Gasteiger partial charge in [-0.1, -0.05) is 23.7 Å². The molecule has 3 nitrogen and oxygen atoms in total. The van der Waals surface area contributed by atoms with E-state index in [1.165, 1.54) is 18.4 Å². The highest BCUT2D eigenvalue weighted by molar-refractivity contribution is 6.30. The van der Waals surface area contributed by atoms with Crippen molar-refractivity contribution in [2.75, 3.05) is 0 Å². The molecule has 20 heavy (non-hydrogen) atoms. The summed E-state index contributed by atoms with van der Waals surface area (Å²) in [6, 6.07) is 10.7. The predicted octanol–water partition coefficient (Wildman–Crippen LogP) is 3.47. The maximum absolute atomic E-state index is 6.03. The molecule has 104 valence electrons. The van der Waals surface area contributed by atoms with E-state index in [2.05, 4.69) is 27.4 Å². The first-order valence-corrected chi connectivity index (χ1v) is 7.36. The van der Waals surface area contributed by atoms with E-state index in [1.807, 2.05) is 31.3 Å². The lowest BCUT2D eigenvalue weighted by molar-refractivity contribution is 0.288. The molecule has 1 aliphatic rings. The highest BCUT2D eigenvalue weighted by Crippen LogP contribution is 2.37. The van der Waals surface area contributed by atoms with Crippen LogP contribution in [0.2, 0.25) is 5.02 Å². The van der Waals surface area contributed by atoms with Crippen LogP contribution in [-0.2, 0) is 6.54 Å². The maximum atomic E-state index is 6.03. The third-order valence-corrected chi connectivity index (χ3v) is 4.10. The van der Waals surface area contributed by atoms with Crippen LogP contribution in [0.4, 0.5) is 0 Å². The van der Waals surface area contributed by atoms with Crippen LogP contribution in [0, 0.1) is 6.92 Å². The Morgan fingerprint density at radius 3 is 2.90 bits per heavy atom. The smallest absolute Gasteiger partial charge is 0.125 e. The lowest BCUT2D eigenvalue weighted by Crippen LogP contribution is -2.39. The minimum Gasteiger partial charge on any atom is -0.308 e. The van der Waals surface area contributed by atoms with E-state index in [-0.39, 0.29) is 0 Å². The predicted molar refractivity (Wildman–Crippen MR) is 80.8 cm³/mol. The van der Waals surface area contributed by atoms with Crippen molar-refractivity contribution in [2.24, 2.45) is 0 Å². The molecule has 4 heteroatoms. The van der Waals surface area contributed by atoms with Crippen LogP contribution < -0.4 is 5.32 Å². The molecule has 2 aromatic rings. The van der Waals surface area contributed by atoms with Crippen LogP contribution in [0.15, 0.2) is 36.5 Å². The molecule has 0 radical (unpaired) electrons. The monoisotopic (exact) mass is 287 g/mol. The normalized spacial score (nSPS) is 21.5. The summed E-state index contributed by atoms with van der Waals surface area (Å²) in [6.07, 6.45) is 4.16. The van der Waals surface area contributed by atoms with Gasteiger partial charge >= 0.3 is 0 Å². The van der Waals surface area contributed by atoms with Crippen molar-refractivity contribution in [3.63, 3.8) is 0 Å². The molecule has 0 atom stereocenters. The van der Waals surface area contributed by atoms with Crippen molar-refractivity contribution < 1.29 is 0 Å². The number of hydrogen-bond acceptors (Lipinski definition) is 3.